The van der Waals surface area contributed by atoms with E-state index in [4.69, 9.17) is 9.47 Å². The Kier molecular flexibility index (Phi) is 2.68. The second kappa shape index (κ2) is 4.33. The van der Waals surface area contributed by atoms with Gasteiger partial charge >= 0.3 is 0 Å². The SMILES string of the molecule is COc1ccn2nc(CC3CCOC3)nc2c1. The molecule has 2 aromatic rings. The Balaban J connectivity index is 1.85. The van der Waals surface area contributed by atoms with Crippen LogP contribution in [0.1, 0.15) is 12.2 Å². The summed E-state index contributed by atoms with van der Waals surface area (Å²) in [4.78, 5) is 4.50. The van der Waals surface area contributed by atoms with Crippen molar-refractivity contribution in [2.75, 3.05) is 20.3 Å². The van der Waals surface area contributed by atoms with E-state index in [-0.39, 0.29) is 0 Å². The molecule has 0 aromatic carbocycles. The fraction of sp³-hybridized carbons (Fsp3) is 0.500. The molecule has 1 unspecified atom stereocenters. The van der Waals surface area contributed by atoms with Crippen LogP contribution in [0.25, 0.3) is 5.65 Å². The highest BCUT2D eigenvalue weighted by Crippen LogP contribution is 2.18. The minimum absolute atomic E-state index is 0.564. The predicted octanol–water partition coefficient (Wildman–Crippen LogP) is 1.32. The van der Waals surface area contributed by atoms with E-state index in [0.717, 1.165) is 43.3 Å². The fourth-order valence-corrected chi connectivity index (χ4v) is 2.12. The van der Waals surface area contributed by atoms with Crippen LogP contribution in [0.4, 0.5) is 0 Å². The normalized spacial score (nSPS) is 19.9. The third-order valence-corrected chi connectivity index (χ3v) is 3.08. The van der Waals surface area contributed by atoms with Crippen LogP contribution in [-0.4, -0.2) is 34.9 Å². The number of methoxy groups -OCH3 is 1. The van der Waals surface area contributed by atoms with E-state index < -0.39 is 0 Å². The van der Waals surface area contributed by atoms with Gasteiger partial charge in [-0.3, -0.25) is 0 Å². The lowest BCUT2D eigenvalue weighted by molar-refractivity contribution is 0.185. The molecule has 1 aliphatic rings. The largest absolute Gasteiger partial charge is 0.497 e. The number of hydrogen-bond donors (Lipinski definition) is 0. The number of hydrogen-bond acceptors (Lipinski definition) is 4. The molecule has 3 rings (SSSR count). The van der Waals surface area contributed by atoms with Crippen LogP contribution in [0.5, 0.6) is 5.75 Å². The van der Waals surface area contributed by atoms with Crippen LogP contribution < -0.4 is 4.74 Å². The standard InChI is InChI=1S/C12H15N3O2/c1-16-10-2-4-15-12(7-10)13-11(14-15)6-9-3-5-17-8-9/h2,4,7,9H,3,5-6,8H2,1H3. The Bertz CT molecular complexity index is 517. The van der Waals surface area contributed by atoms with Crippen molar-refractivity contribution in [2.24, 2.45) is 5.92 Å². The smallest absolute Gasteiger partial charge is 0.159 e. The van der Waals surface area contributed by atoms with Crippen molar-refractivity contribution in [3.63, 3.8) is 0 Å². The Labute approximate surface area is 99.4 Å². The molecule has 1 aliphatic heterocycles. The second-order valence-corrected chi connectivity index (χ2v) is 4.33. The molecule has 1 saturated heterocycles. The zero-order chi connectivity index (χ0) is 11.7. The highest BCUT2D eigenvalue weighted by molar-refractivity contribution is 5.43. The van der Waals surface area contributed by atoms with Crippen molar-refractivity contribution < 1.29 is 9.47 Å². The van der Waals surface area contributed by atoms with Gasteiger partial charge in [-0.1, -0.05) is 0 Å². The molecule has 0 spiro atoms. The average Bonchev–Trinajstić information content (AvgIpc) is 2.96. The van der Waals surface area contributed by atoms with Gasteiger partial charge in [0.05, 0.1) is 7.11 Å². The van der Waals surface area contributed by atoms with E-state index in [1.54, 1.807) is 11.6 Å². The minimum atomic E-state index is 0.564. The quantitative estimate of drug-likeness (QED) is 0.802. The maximum Gasteiger partial charge on any atom is 0.159 e. The highest BCUT2D eigenvalue weighted by Gasteiger charge is 2.18. The molecule has 90 valence electrons. The number of rotatable bonds is 3. The van der Waals surface area contributed by atoms with E-state index in [1.807, 2.05) is 18.3 Å². The Morgan fingerprint density at radius 2 is 2.53 bits per heavy atom. The molecule has 5 nitrogen and oxygen atoms in total. The molecular formula is C12H15N3O2. The molecule has 0 N–H and O–H groups in total. The van der Waals surface area contributed by atoms with Crippen molar-refractivity contribution in [1.82, 2.24) is 14.6 Å². The first-order chi connectivity index (χ1) is 8.35. The molecule has 0 amide bonds. The van der Waals surface area contributed by atoms with Gasteiger partial charge in [0.15, 0.2) is 11.5 Å². The summed E-state index contributed by atoms with van der Waals surface area (Å²) in [6.07, 6.45) is 3.87. The summed E-state index contributed by atoms with van der Waals surface area (Å²) in [6, 6.07) is 3.77. The number of fused-ring (bicyclic) bond motifs is 1. The predicted molar refractivity (Wildman–Crippen MR) is 62.2 cm³/mol. The molecule has 0 bridgehead atoms. The lowest BCUT2D eigenvalue weighted by atomic mass is 10.1. The molecule has 1 fully saturated rings. The topological polar surface area (TPSA) is 48.7 Å². The molecule has 0 saturated carbocycles. The van der Waals surface area contributed by atoms with Crippen LogP contribution in [0.15, 0.2) is 18.3 Å². The summed E-state index contributed by atoms with van der Waals surface area (Å²) in [5.41, 5.74) is 0.832. The number of ether oxygens (including phenoxy) is 2. The van der Waals surface area contributed by atoms with Crippen LogP contribution in [-0.2, 0) is 11.2 Å². The molecule has 0 aliphatic carbocycles. The lowest BCUT2D eigenvalue weighted by Gasteiger charge is -2.01. The van der Waals surface area contributed by atoms with Crippen LogP contribution in [0, 0.1) is 5.92 Å². The second-order valence-electron chi connectivity index (χ2n) is 4.33. The summed E-state index contributed by atoms with van der Waals surface area (Å²) in [5.74, 6) is 2.25. The van der Waals surface area contributed by atoms with E-state index >= 15 is 0 Å². The number of pyridine rings is 1. The maximum absolute atomic E-state index is 5.36. The third kappa shape index (κ3) is 2.10. The monoisotopic (exact) mass is 233 g/mol. The summed E-state index contributed by atoms with van der Waals surface area (Å²) in [5, 5.41) is 4.45. The van der Waals surface area contributed by atoms with Crippen molar-refractivity contribution in [3.8, 4) is 5.75 Å². The fourth-order valence-electron chi connectivity index (χ4n) is 2.12. The zero-order valence-electron chi connectivity index (χ0n) is 9.80. The Morgan fingerprint density at radius 3 is 3.29 bits per heavy atom. The van der Waals surface area contributed by atoms with Gasteiger partial charge in [0, 0.05) is 31.9 Å². The molecule has 2 aromatic heterocycles. The van der Waals surface area contributed by atoms with Crippen molar-refractivity contribution in [2.45, 2.75) is 12.8 Å². The summed E-state index contributed by atoms with van der Waals surface area (Å²) in [7, 11) is 1.65. The summed E-state index contributed by atoms with van der Waals surface area (Å²) >= 11 is 0. The van der Waals surface area contributed by atoms with E-state index in [0.29, 0.717) is 5.92 Å². The molecule has 0 radical (unpaired) electrons. The third-order valence-electron chi connectivity index (χ3n) is 3.08. The molecule has 5 heteroatoms. The molecule has 1 atom stereocenters. The Hall–Kier alpha value is -1.62. The van der Waals surface area contributed by atoms with Gasteiger partial charge in [-0.25, -0.2) is 9.50 Å². The first-order valence-electron chi connectivity index (χ1n) is 5.82. The van der Waals surface area contributed by atoms with Gasteiger partial charge in [0.1, 0.15) is 5.75 Å². The summed E-state index contributed by atoms with van der Waals surface area (Å²) < 4.78 is 12.3. The van der Waals surface area contributed by atoms with Gasteiger partial charge < -0.3 is 9.47 Å². The highest BCUT2D eigenvalue weighted by atomic mass is 16.5. The number of nitrogens with zero attached hydrogens (tertiary/aromatic N) is 3. The van der Waals surface area contributed by atoms with Crippen LogP contribution >= 0.6 is 0 Å². The van der Waals surface area contributed by atoms with Gasteiger partial charge in [-0.15, -0.1) is 0 Å². The zero-order valence-corrected chi connectivity index (χ0v) is 9.80. The Morgan fingerprint density at radius 1 is 1.59 bits per heavy atom. The number of aromatic nitrogens is 3. The molecule has 17 heavy (non-hydrogen) atoms. The van der Waals surface area contributed by atoms with E-state index in [2.05, 4.69) is 10.1 Å². The first-order valence-corrected chi connectivity index (χ1v) is 5.82. The molecular weight excluding hydrogens is 218 g/mol. The van der Waals surface area contributed by atoms with Crippen molar-refractivity contribution in [1.29, 1.82) is 0 Å². The van der Waals surface area contributed by atoms with Crippen LogP contribution in [0.3, 0.4) is 0 Å². The van der Waals surface area contributed by atoms with Gasteiger partial charge in [-0.2, -0.15) is 5.10 Å². The van der Waals surface area contributed by atoms with Crippen molar-refractivity contribution >= 4 is 5.65 Å². The minimum Gasteiger partial charge on any atom is -0.497 e. The first kappa shape index (κ1) is 10.5. The average molecular weight is 233 g/mol. The van der Waals surface area contributed by atoms with Gasteiger partial charge in [-0.05, 0) is 18.4 Å². The molecule has 3 heterocycles. The maximum atomic E-state index is 5.36. The van der Waals surface area contributed by atoms with Gasteiger partial charge in [0.2, 0.25) is 0 Å². The summed E-state index contributed by atoms with van der Waals surface area (Å²) in [6.45, 7) is 1.70. The van der Waals surface area contributed by atoms with Crippen molar-refractivity contribution in [3.05, 3.63) is 24.2 Å². The van der Waals surface area contributed by atoms with Gasteiger partial charge in [0.25, 0.3) is 0 Å². The van der Waals surface area contributed by atoms with Crippen LogP contribution in [0.2, 0.25) is 0 Å². The van der Waals surface area contributed by atoms with E-state index in [9.17, 15) is 0 Å². The van der Waals surface area contributed by atoms with E-state index in [1.165, 1.54) is 0 Å². The lowest BCUT2D eigenvalue weighted by Crippen LogP contribution is -2.05.